The van der Waals surface area contributed by atoms with Gasteiger partial charge in [0.1, 0.15) is 6.04 Å². The zero-order valence-electron chi connectivity index (χ0n) is 13.1. The summed E-state index contributed by atoms with van der Waals surface area (Å²) in [6.45, 7) is 9.15. The van der Waals surface area contributed by atoms with Crippen molar-refractivity contribution < 1.29 is 14.7 Å². The minimum atomic E-state index is -0.776. The van der Waals surface area contributed by atoms with E-state index in [-0.39, 0.29) is 5.91 Å². The van der Waals surface area contributed by atoms with Gasteiger partial charge in [-0.05, 0) is 25.7 Å². The minimum absolute atomic E-state index is 0.223. The van der Waals surface area contributed by atoms with Crippen LogP contribution in [0, 0.1) is 5.92 Å². The molecule has 0 bridgehead atoms. The fourth-order valence-electron chi connectivity index (χ4n) is 3.17. The Hall–Kier alpha value is -1.14. The molecule has 1 amide bonds. The summed E-state index contributed by atoms with van der Waals surface area (Å²) in [7, 11) is 0. The maximum absolute atomic E-state index is 12.3. The molecule has 0 radical (unpaired) electrons. The Bertz CT molecular complexity index is 380. The lowest BCUT2D eigenvalue weighted by Gasteiger charge is -2.38. The number of carboxylic acid groups (broad SMARTS) is 1. The molecule has 120 valence electrons. The molecule has 2 aliphatic heterocycles. The third kappa shape index (κ3) is 4.41. The van der Waals surface area contributed by atoms with Gasteiger partial charge in [-0.2, -0.15) is 0 Å². The molecule has 0 aromatic rings. The number of amides is 1. The maximum Gasteiger partial charge on any atom is 0.320 e. The molecule has 1 N–H and O–H groups in total. The molecule has 0 aliphatic carbocycles. The fraction of sp³-hybridized carbons (Fsp3) is 0.867. The number of carbonyl (C=O) groups excluding carboxylic acids is 1. The summed E-state index contributed by atoms with van der Waals surface area (Å²) >= 11 is 0. The molecule has 0 aromatic carbocycles. The van der Waals surface area contributed by atoms with E-state index in [0.29, 0.717) is 12.5 Å². The number of aliphatic carboxylic acids is 1. The van der Waals surface area contributed by atoms with E-state index in [0.717, 1.165) is 45.7 Å². The number of piperidine rings is 1. The second-order valence-corrected chi connectivity index (χ2v) is 6.41. The zero-order chi connectivity index (χ0) is 15.4. The lowest BCUT2D eigenvalue weighted by Crippen LogP contribution is -2.54. The number of hydrogen-bond acceptors (Lipinski definition) is 4. The summed E-state index contributed by atoms with van der Waals surface area (Å²) in [5.41, 5.74) is 0. The number of hydrogen-bond donors (Lipinski definition) is 1. The summed E-state index contributed by atoms with van der Waals surface area (Å²) in [5.74, 6) is 0.0547. The molecule has 2 fully saturated rings. The lowest BCUT2D eigenvalue weighted by atomic mass is 10.0. The minimum Gasteiger partial charge on any atom is -0.480 e. The Morgan fingerprint density at radius 2 is 1.86 bits per heavy atom. The third-order valence-corrected chi connectivity index (χ3v) is 4.68. The normalized spacial score (nSPS) is 26.6. The van der Waals surface area contributed by atoms with Crippen LogP contribution in [-0.4, -0.2) is 83.5 Å². The predicted octanol–water partition coefficient (Wildman–Crippen LogP) is 0.336. The summed E-state index contributed by atoms with van der Waals surface area (Å²) in [5, 5.41) is 9.02. The molecule has 2 saturated heterocycles. The highest BCUT2D eigenvalue weighted by Gasteiger charge is 2.27. The van der Waals surface area contributed by atoms with Crippen LogP contribution in [0.1, 0.15) is 26.7 Å². The Kier molecular flexibility index (Phi) is 5.58. The average Bonchev–Trinajstić information content (AvgIpc) is 2.47. The zero-order valence-corrected chi connectivity index (χ0v) is 13.1. The second kappa shape index (κ2) is 7.22. The molecule has 6 nitrogen and oxygen atoms in total. The number of carboxylic acids is 1. The van der Waals surface area contributed by atoms with Gasteiger partial charge in [0.05, 0.1) is 6.54 Å². The number of piperazine rings is 1. The first-order valence-electron chi connectivity index (χ1n) is 7.94. The molecule has 0 saturated carbocycles. The van der Waals surface area contributed by atoms with Crippen molar-refractivity contribution in [1.29, 1.82) is 0 Å². The molecule has 2 atom stereocenters. The number of rotatable bonds is 4. The van der Waals surface area contributed by atoms with Gasteiger partial charge in [0.15, 0.2) is 0 Å². The van der Waals surface area contributed by atoms with Gasteiger partial charge < -0.3 is 10.0 Å². The van der Waals surface area contributed by atoms with Gasteiger partial charge in [-0.1, -0.05) is 6.92 Å². The second-order valence-electron chi connectivity index (χ2n) is 6.41. The number of nitrogens with zero attached hydrogens (tertiary/aromatic N) is 3. The van der Waals surface area contributed by atoms with Crippen LogP contribution in [0.3, 0.4) is 0 Å². The third-order valence-electron chi connectivity index (χ3n) is 4.68. The van der Waals surface area contributed by atoms with E-state index < -0.39 is 12.0 Å². The van der Waals surface area contributed by atoms with Gasteiger partial charge in [0.25, 0.3) is 0 Å². The SMILES string of the molecule is CC1CCCN(C(=O)CN2CCN(C(C)C(=O)O)CC2)C1. The van der Waals surface area contributed by atoms with Gasteiger partial charge >= 0.3 is 5.97 Å². The van der Waals surface area contributed by atoms with Crippen molar-refractivity contribution in [3.8, 4) is 0 Å². The summed E-state index contributed by atoms with van der Waals surface area (Å²) in [6.07, 6.45) is 2.33. The van der Waals surface area contributed by atoms with Crippen LogP contribution in [0.4, 0.5) is 0 Å². The van der Waals surface area contributed by atoms with Crippen LogP contribution in [0.15, 0.2) is 0 Å². The fourth-order valence-corrected chi connectivity index (χ4v) is 3.17. The molecular weight excluding hydrogens is 270 g/mol. The molecule has 2 aliphatic rings. The number of likely N-dealkylation sites (tertiary alicyclic amines) is 1. The summed E-state index contributed by atoms with van der Waals surface area (Å²) < 4.78 is 0. The smallest absolute Gasteiger partial charge is 0.320 e. The topological polar surface area (TPSA) is 64.1 Å². The van der Waals surface area contributed by atoms with Crippen LogP contribution < -0.4 is 0 Å². The van der Waals surface area contributed by atoms with E-state index in [2.05, 4.69) is 11.8 Å². The molecule has 6 heteroatoms. The first-order chi connectivity index (χ1) is 9.97. The number of carbonyl (C=O) groups is 2. The van der Waals surface area contributed by atoms with Crippen molar-refractivity contribution in [2.75, 3.05) is 45.8 Å². The van der Waals surface area contributed by atoms with Gasteiger partial charge in [0.2, 0.25) is 5.91 Å². The van der Waals surface area contributed by atoms with Crippen LogP contribution in [0.5, 0.6) is 0 Å². The summed E-state index contributed by atoms with van der Waals surface area (Å²) in [4.78, 5) is 29.4. The Labute approximate surface area is 126 Å². The van der Waals surface area contributed by atoms with Crippen molar-refractivity contribution in [1.82, 2.24) is 14.7 Å². The van der Waals surface area contributed by atoms with Crippen molar-refractivity contribution in [2.45, 2.75) is 32.7 Å². The molecule has 2 heterocycles. The van der Waals surface area contributed by atoms with Crippen LogP contribution in [0.25, 0.3) is 0 Å². The lowest BCUT2D eigenvalue weighted by molar-refractivity contribution is -0.144. The van der Waals surface area contributed by atoms with Crippen molar-refractivity contribution in [2.24, 2.45) is 5.92 Å². The van der Waals surface area contributed by atoms with Gasteiger partial charge in [0, 0.05) is 39.3 Å². The van der Waals surface area contributed by atoms with E-state index in [1.165, 1.54) is 6.42 Å². The van der Waals surface area contributed by atoms with Crippen molar-refractivity contribution in [3.63, 3.8) is 0 Å². The summed E-state index contributed by atoms with van der Waals surface area (Å²) in [6, 6.07) is -0.439. The average molecular weight is 297 g/mol. The largest absolute Gasteiger partial charge is 0.480 e. The van der Waals surface area contributed by atoms with Gasteiger partial charge in [-0.25, -0.2) is 0 Å². The highest BCUT2D eigenvalue weighted by molar-refractivity contribution is 5.78. The highest BCUT2D eigenvalue weighted by Crippen LogP contribution is 2.16. The van der Waals surface area contributed by atoms with Crippen molar-refractivity contribution >= 4 is 11.9 Å². The van der Waals surface area contributed by atoms with E-state index in [4.69, 9.17) is 5.11 Å². The van der Waals surface area contributed by atoms with Gasteiger partial charge in [-0.3, -0.25) is 19.4 Å². The Balaban J connectivity index is 1.75. The monoisotopic (exact) mass is 297 g/mol. The van der Waals surface area contributed by atoms with E-state index in [1.54, 1.807) is 6.92 Å². The van der Waals surface area contributed by atoms with E-state index in [1.807, 2.05) is 9.80 Å². The van der Waals surface area contributed by atoms with E-state index in [9.17, 15) is 9.59 Å². The molecule has 21 heavy (non-hydrogen) atoms. The van der Waals surface area contributed by atoms with Crippen LogP contribution in [0.2, 0.25) is 0 Å². The Morgan fingerprint density at radius 3 is 2.43 bits per heavy atom. The van der Waals surface area contributed by atoms with Gasteiger partial charge in [-0.15, -0.1) is 0 Å². The molecule has 2 unspecified atom stereocenters. The Morgan fingerprint density at radius 1 is 1.19 bits per heavy atom. The van der Waals surface area contributed by atoms with Crippen molar-refractivity contribution in [3.05, 3.63) is 0 Å². The molecular formula is C15H27N3O3. The molecule has 2 rings (SSSR count). The quantitative estimate of drug-likeness (QED) is 0.810. The highest BCUT2D eigenvalue weighted by atomic mass is 16.4. The predicted molar refractivity (Wildman–Crippen MR) is 80.1 cm³/mol. The maximum atomic E-state index is 12.3. The first-order valence-corrected chi connectivity index (χ1v) is 7.94. The van der Waals surface area contributed by atoms with Crippen LogP contribution >= 0.6 is 0 Å². The van der Waals surface area contributed by atoms with E-state index >= 15 is 0 Å². The van der Waals surface area contributed by atoms with Crippen LogP contribution in [-0.2, 0) is 9.59 Å². The first kappa shape index (κ1) is 16.2. The standard InChI is InChI=1S/C15H27N3O3/c1-12-4-3-5-18(10-12)14(19)11-16-6-8-17(9-7-16)13(2)15(20)21/h12-13H,3-11H2,1-2H3,(H,20,21). The molecule has 0 aromatic heterocycles. The molecule has 0 spiro atoms.